The van der Waals surface area contributed by atoms with Crippen molar-refractivity contribution in [2.75, 3.05) is 19.2 Å². The van der Waals surface area contributed by atoms with E-state index in [1.165, 1.54) is 23.5 Å². The van der Waals surface area contributed by atoms with Gasteiger partial charge in [-0.15, -0.1) is 0 Å². The van der Waals surface area contributed by atoms with Crippen molar-refractivity contribution in [3.05, 3.63) is 89.0 Å². The Hall–Kier alpha value is -4.04. The highest BCUT2D eigenvalue weighted by molar-refractivity contribution is 7.22. The smallest absolute Gasteiger partial charge is 0.337 e. The van der Waals surface area contributed by atoms with E-state index in [1.54, 1.807) is 37.6 Å². The summed E-state index contributed by atoms with van der Waals surface area (Å²) in [6, 6.07) is 19.5. The Morgan fingerprint density at radius 1 is 0.970 bits per heavy atom. The number of esters is 1. The van der Waals surface area contributed by atoms with Gasteiger partial charge in [0.1, 0.15) is 5.75 Å². The minimum atomic E-state index is -0.468. The average molecular weight is 460 g/mol. The second kappa shape index (κ2) is 9.62. The average Bonchev–Trinajstić information content (AvgIpc) is 3.26. The van der Waals surface area contributed by atoms with Gasteiger partial charge in [-0.25, -0.2) is 9.78 Å². The molecule has 0 bridgehead atoms. The van der Waals surface area contributed by atoms with Crippen LogP contribution in [0.2, 0.25) is 0 Å². The van der Waals surface area contributed by atoms with Crippen molar-refractivity contribution in [2.24, 2.45) is 5.10 Å². The number of nitrogens with zero attached hydrogens (tertiary/aromatic N) is 3. The van der Waals surface area contributed by atoms with Crippen molar-refractivity contribution >= 4 is 44.8 Å². The number of ether oxygens (including phenoxy) is 2. The van der Waals surface area contributed by atoms with Crippen LogP contribution in [0.25, 0.3) is 10.2 Å². The van der Waals surface area contributed by atoms with Crippen molar-refractivity contribution in [3.63, 3.8) is 0 Å². The molecule has 0 aliphatic rings. The fraction of sp³-hybridized carbons (Fsp3) is 0.120. The standard InChI is InChI=1S/C25H21N3O4S/c1-16-4-13-21-22(14-16)33-25(27-21)28(26-15-17-5-11-20(31-2)12-6-17)23(29)18-7-9-19(10-8-18)24(30)32-3/h4-15H,1-3H3/b26-15+. The molecule has 33 heavy (non-hydrogen) atoms. The second-order valence-corrected chi connectivity index (χ2v) is 8.18. The normalized spacial score (nSPS) is 11.0. The molecule has 0 radical (unpaired) electrons. The highest BCUT2D eigenvalue weighted by atomic mass is 32.1. The van der Waals surface area contributed by atoms with Crippen LogP contribution < -0.4 is 9.75 Å². The van der Waals surface area contributed by atoms with Crippen LogP contribution in [0.1, 0.15) is 31.8 Å². The largest absolute Gasteiger partial charge is 0.497 e. The Kier molecular flexibility index (Phi) is 6.46. The maximum atomic E-state index is 13.4. The van der Waals surface area contributed by atoms with Crippen LogP contribution in [0.4, 0.5) is 5.13 Å². The van der Waals surface area contributed by atoms with Crippen LogP contribution >= 0.6 is 11.3 Å². The summed E-state index contributed by atoms with van der Waals surface area (Å²) in [6.45, 7) is 2.01. The van der Waals surface area contributed by atoms with Crippen LogP contribution in [0.3, 0.4) is 0 Å². The monoisotopic (exact) mass is 459 g/mol. The SMILES string of the molecule is COC(=O)c1ccc(C(=O)N(/N=C/c2ccc(OC)cc2)c2nc3ccc(C)cc3s2)cc1. The molecule has 3 aromatic carbocycles. The first-order valence-corrected chi connectivity index (χ1v) is 10.9. The molecule has 166 valence electrons. The van der Waals surface area contributed by atoms with Gasteiger partial charge >= 0.3 is 5.97 Å². The third kappa shape index (κ3) is 4.91. The number of hydrogen-bond acceptors (Lipinski definition) is 7. The van der Waals surface area contributed by atoms with Gasteiger partial charge in [-0.1, -0.05) is 17.4 Å². The highest BCUT2D eigenvalue weighted by Crippen LogP contribution is 2.31. The molecular formula is C25H21N3O4S. The van der Waals surface area contributed by atoms with Crippen molar-refractivity contribution < 1.29 is 19.1 Å². The summed E-state index contributed by atoms with van der Waals surface area (Å²) in [5.41, 5.74) is 3.42. The number of amides is 1. The second-order valence-electron chi connectivity index (χ2n) is 7.17. The van der Waals surface area contributed by atoms with Crippen LogP contribution in [0.5, 0.6) is 5.75 Å². The van der Waals surface area contributed by atoms with Gasteiger partial charge in [0.25, 0.3) is 5.91 Å². The van der Waals surface area contributed by atoms with E-state index in [2.05, 4.69) is 10.1 Å². The number of carbonyl (C=O) groups is 2. The molecule has 0 fully saturated rings. The molecule has 1 amide bonds. The molecule has 4 rings (SSSR count). The Bertz CT molecular complexity index is 1330. The van der Waals surface area contributed by atoms with E-state index in [0.717, 1.165) is 27.1 Å². The van der Waals surface area contributed by atoms with Crippen LogP contribution in [0, 0.1) is 6.92 Å². The predicted molar refractivity (Wildman–Crippen MR) is 130 cm³/mol. The van der Waals surface area contributed by atoms with Crippen molar-refractivity contribution in [1.82, 2.24) is 4.98 Å². The van der Waals surface area contributed by atoms with Gasteiger partial charge in [0, 0.05) is 5.56 Å². The third-order valence-corrected chi connectivity index (χ3v) is 5.89. The molecule has 7 nitrogen and oxygen atoms in total. The van der Waals surface area contributed by atoms with Gasteiger partial charge in [0.2, 0.25) is 5.13 Å². The fourth-order valence-electron chi connectivity index (χ4n) is 3.10. The Balaban J connectivity index is 1.71. The number of rotatable bonds is 6. The van der Waals surface area contributed by atoms with Gasteiger partial charge in [-0.3, -0.25) is 4.79 Å². The van der Waals surface area contributed by atoms with E-state index >= 15 is 0 Å². The zero-order valence-corrected chi connectivity index (χ0v) is 19.1. The maximum absolute atomic E-state index is 13.4. The number of hydrogen-bond donors (Lipinski definition) is 0. The summed E-state index contributed by atoms with van der Waals surface area (Å²) in [5.74, 6) is -0.107. The first-order chi connectivity index (χ1) is 16.0. The number of fused-ring (bicyclic) bond motifs is 1. The van der Waals surface area contributed by atoms with Crippen molar-refractivity contribution in [1.29, 1.82) is 0 Å². The topological polar surface area (TPSA) is 81.1 Å². The molecule has 0 aliphatic carbocycles. The summed E-state index contributed by atoms with van der Waals surface area (Å²) in [5, 5.41) is 6.18. The van der Waals surface area contributed by atoms with Crippen LogP contribution in [0.15, 0.2) is 71.8 Å². The number of methoxy groups -OCH3 is 2. The third-order valence-electron chi connectivity index (χ3n) is 4.90. The quantitative estimate of drug-likeness (QED) is 0.228. The molecule has 0 unspecified atom stereocenters. The van der Waals surface area contributed by atoms with Crippen LogP contribution in [-0.4, -0.2) is 37.3 Å². The van der Waals surface area contributed by atoms with Gasteiger partial charge in [0.05, 0.1) is 36.2 Å². The van der Waals surface area contributed by atoms with Crippen molar-refractivity contribution in [3.8, 4) is 5.75 Å². The minimum Gasteiger partial charge on any atom is -0.497 e. The lowest BCUT2D eigenvalue weighted by molar-refractivity contribution is 0.0600. The molecule has 0 atom stereocenters. The lowest BCUT2D eigenvalue weighted by Gasteiger charge is -2.14. The maximum Gasteiger partial charge on any atom is 0.337 e. The zero-order chi connectivity index (χ0) is 23.4. The molecule has 0 N–H and O–H groups in total. The highest BCUT2D eigenvalue weighted by Gasteiger charge is 2.21. The molecule has 4 aromatic rings. The van der Waals surface area contributed by atoms with E-state index in [-0.39, 0.29) is 5.91 Å². The van der Waals surface area contributed by atoms with Gasteiger partial charge in [-0.2, -0.15) is 10.1 Å². The van der Waals surface area contributed by atoms with E-state index in [9.17, 15) is 9.59 Å². The van der Waals surface area contributed by atoms with E-state index in [0.29, 0.717) is 16.3 Å². The molecule has 0 saturated heterocycles. The van der Waals surface area contributed by atoms with Crippen molar-refractivity contribution in [2.45, 2.75) is 6.92 Å². The number of aromatic nitrogens is 1. The molecule has 1 aromatic heterocycles. The number of hydrazone groups is 1. The minimum absolute atomic E-state index is 0.359. The molecule has 0 aliphatic heterocycles. The van der Waals surface area contributed by atoms with Crippen LogP contribution in [-0.2, 0) is 4.74 Å². The number of thiazole rings is 1. The number of benzene rings is 3. The van der Waals surface area contributed by atoms with E-state index in [4.69, 9.17) is 9.47 Å². The number of carbonyl (C=O) groups excluding carboxylic acids is 2. The molecule has 1 heterocycles. The summed E-state index contributed by atoms with van der Waals surface area (Å²) >= 11 is 1.38. The molecule has 8 heteroatoms. The Labute approximate surface area is 194 Å². The van der Waals surface area contributed by atoms with E-state index in [1.807, 2.05) is 49.4 Å². The number of aryl methyl sites for hydroxylation is 1. The van der Waals surface area contributed by atoms with Gasteiger partial charge in [0.15, 0.2) is 0 Å². The van der Waals surface area contributed by atoms with Gasteiger partial charge in [-0.05, 0) is 78.7 Å². The summed E-state index contributed by atoms with van der Waals surface area (Å²) in [7, 11) is 2.91. The summed E-state index contributed by atoms with van der Waals surface area (Å²) in [6.07, 6.45) is 1.59. The fourth-order valence-corrected chi connectivity index (χ4v) is 4.12. The lowest BCUT2D eigenvalue weighted by atomic mass is 10.1. The number of anilines is 1. The van der Waals surface area contributed by atoms with E-state index < -0.39 is 5.97 Å². The predicted octanol–water partition coefficient (Wildman–Crippen LogP) is 5.08. The van der Waals surface area contributed by atoms with Gasteiger partial charge < -0.3 is 9.47 Å². The zero-order valence-electron chi connectivity index (χ0n) is 18.3. The summed E-state index contributed by atoms with van der Waals surface area (Å²) < 4.78 is 10.9. The molecule has 0 saturated carbocycles. The molecular weight excluding hydrogens is 438 g/mol. The Morgan fingerprint density at radius 3 is 2.33 bits per heavy atom. The Morgan fingerprint density at radius 2 is 1.67 bits per heavy atom. The molecule has 0 spiro atoms. The first kappa shape index (κ1) is 22.2. The lowest BCUT2D eigenvalue weighted by Crippen LogP contribution is -2.25. The first-order valence-electron chi connectivity index (χ1n) is 10.1. The summed E-state index contributed by atoms with van der Waals surface area (Å²) in [4.78, 5) is 29.7.